The van der Waals surface area contributed by atoms with Gasteiger partial charge in [-0.3, -0.25) is 14.8 Å². The van der Waals surface area contributed by atoms with Crippen LogP contribution in [0.5, 0.6) is 0 Å². The van der Waals surface area contributed by atoms with E-state index >= 15 is 0 Å². The third kappa shape index (κ3) is 4.35. The molecule has 1 N–H and O–H groups in total. The monoisotopic (exact) mass is 364 g/mol. The highest BCUT2D eigenvalue weighted by atomic mass is 16.2. The summed E-state index contributed by atoms with van der Waals surface area (Å²) in [6.45, 7) is 13.4. The zero-order valence-corrected chi connectivity index (χ0v) is 16.7. The Kier molecular flexibility index (Phi) is 5.59. The third-order valence-corrected chi connectivity index (χ3v) is 5.04. The van der Waals surface area contributed by atoms with E-state index in [9.17, 15) is 4.79 Å². The van der Waals surface area contributed by atoms with E-state index in [2.05, 4.69) is 21.5 Å². The minimum Gasteiger partial charge on any atom is -0.361 e. The van der Waals surface area contributed by atoms with Crippen LogP contribution in [0.2, 0.25) is 0 Å². The van der Waals surface area contributed by atoms with Gasteiger partial charge in [-0.1, -0.05) is 6.58 Å². The van der Waals surface area contributed by atoms with Crippen molar-refractivity contribution in [3.63, 3.8) is 0 Å². The van der Waals surface area contributed by atoms with E-state index in [1.807, 2.05) is 57.1 Å². The maximum absolute atomic E-state index is 12.9. The van der Waals surface area contributed by atoms with Gasteiger partial charge in [0.05, 0.1) is 0 Å². The molecule has 0 aliphatic carbocycles. The highest BCUT2D eigenvalue weighted by Crippen LogP contribution is 2.26. The number of aromatic nitrogens is 2. The standard InChI is InChI=1S/C22H28N4O/c1-14(2)23-12-20-17(5)24-13-21(20)18-6-8-26(9-7-18)22(27)19-10-15(3)25-16(4)11-19/h10-13,18,24H,5-9H2,1-4H3/b20-12+. The van der Waals surface area contributed by atoms with E-state index in [0.29, 0.717) is 5.92 Å². The van der Waals surface area contributed by atoms with Crippen LogP contribution in [-0.2, 0) is 0 Å². The van der Waals surface area contributed by atoms with Crippen molar-refractivity contribution >= 4 is 24.4 Å². The maximum atomic E-state index is 12.9. The third-order valence-electron chi connectivity index (χ3n) is 5.04. The van der Waals surface area contributed by atoms with Crippen LogP contribution < -0.4 is 10.6 Å². The molecule has 142 valence electrons. The van der Waals surface area contributed by atoms with Gasteiger partial charge in [0.2, 0.25) is 0 Å². The van der Waals surface area contributed by atoms with Crippen LogP contribution in [0, 0.1) is 13.8 Å². The molecule has 1 amide bonds. The highest BCUT2D eigenvalue weighted by Gasteiger charge is 2.25. The van der Waals surface area contributed by atoms with Crippen LogP contribution in [0.1, 0.15) is 59.9 Å². The predicted molar refractivity (Wildman–Crippen MR) is 110 cm³/mol. The Balaban J connectivity index is 1.75. The molecule has 0 unspecified atom stereocenters. The lowest BCUT2D eigenvalue weighted by atomic mass is 9.90. The minimum atomic E-state index is 0.104. The van der Waals surface area contributed by atoms with Gasteiger partial charge in [-0.25, -0.2) is 0 Å². The minimum absolute atomic E-state index is 0.104. The summed E-state index contributed by atoms with van der Waals surface area (Å²) in [4.78, 5) is 26.8. The molecule has 0 bridgehead atoms. The molecule has 1 fully saturated rings. The number of piperidine rings is 1. The molecule has 0 spiro atoms. The first-order chi connectivity index (χ1) is 12.8. The number of H-pyrrole nitrogens is 1. The summed E-state index contributed by atoms with van der Waals surface area (Å²) >= 11 is 0. The van der Waals surface area contributed by atoms with Gasteiger partial charge < -0.3 is 9.88 Å². The Labute approximate surface area is 160 Å². The highest BCUT2D eigenvalue weighted by molar-refractivity contribution is 5.94. The number of aliphatic imine (C=N–C) groups is 1. The molecule has 2 aromatic rings. The number of nitrogens with one attached hydrogen (secondary N) is 1. The lowest BCUT2D eigenvalue weighted by molar-refractivity contribution is 0.0712. The quantitative estimate of drug-likeness (QED) is 0.851. The number of hydrogen-bond acceptors (Lipinski definition) is 3. The SMILES string of the molecule is C=c1[nH]cc(C2CCN(C(=O)c3cc(C)nc(C)c3)CC2)/c1=C/N=C(C)C. The van der Waals surface area contributed by atoms with E-state index < -0.39 is 0 Å². The summed E-state index contributed by atoms with van der Waals surface area (Å²) in [5.41, 5.74) is 4.78. The van der Waals surface area contributed by atoms with Crippen molar-refractivity contribution in [3.05, 3.63) is 51.4 Å². The van der Waals surface area contributed by atoms with E-state index in [4.69, 9.17) is 0 Å². The first-order valence-corrected chi connectivity index (χ1v) is 9.47. The van der Waals surface area contributed by atoms with Crippen molar-refractivity contribution in [3.8, 4) is 0 Å². The van der Waals surface area contributed by atoms with Crippen molar-refractivity contribution in [1.82, 2.24) is 14.9 Å². The fourth-order valence-electron chi connectivity index (χ4n) is 3.71. The number of rotatable bonds is 3. The zero-order chi connectivity index (χ0) is 19.6. The van der Waals surface area contributed by atoms with Gasteiger partial charge in [0.15, 0.2) is 0 Å². The zero-order valence-electron chi connectivity index (χ0n) is 16.7. The van der Waals surface area contributed by atoms with Crippen LogP contribution in [0.4, 0.5) is 0 Å². The second-order valence-electron chi connectivity index (χ2n) is 7.55. The van der Waals surface area contributed by atoms with Gasteiger partial charge in [0.25, 0.3) is 5.91 Å². The van der Waals surface area contributed by atoms with E-state index in [-0.39, 0.29) is 5.91 Å². The average molecular weight is 364 g/mol. The second kappa shape index (κ2) is 7.91. The Bertz CT molecular complexity index is 954. The van der Waals surface area contributed by atoms with Crippen molar-refractivity contribution < 1.29 is 4.79 Å². The molecule has 2 aromatic heterocycles. The lowest BCUT2D eigenvalue weighted by Gasteiger charge is -2.32. The molecular weight excluding hydrogens is 336 g/mol. The molecule has 0 saturated carbocycles. The number of carbonyl (C=O) groups excluding carboxylic acids is 1. The summed E-state index contributed by atoms with van der Waals surface area (Å²) in [6, 6.07) is 3.75. The van der Waals surface area contributed by atoms with Gasteiger partial charge in [0, 0.05) is 58.7 Å². The molecule has 0 radical (unpaired) electrons. The first kappa shape index (κ1) is 19.1. The maximum Gasteiger partial charge on any atom is 0.253 e. The molecule has 27 heavy (non-hydrogen) atoms. The largest absolute Gasteiger partial charge is 0.361 e. The summed E-state index contributed by atoms with van der Waals surface area (Å²) in [6.07, 6.45) is 5.85. The molecule has 0 aromatic carbocycles. The normalized spacial score (nSPS) is 15.9. The lowest BCUT2D eigenvalue weighted by Crippen LogP contribution is -2.39. The molecule has 0 atom stereocenters. The number of amides is 1. The van der Waals surface area contributed by atoms with Gasteiger partial charge in [-0.05, 0) is 64.2 Å². The summed E-state index contributed by atoms with van der Waals surface area (Å²) < 4.78 is 0. The first-order valence-electron chi connectivity index (χ1n) is 9.47. The fraction of sp³-hybridized carbons (Fsp3) is 0.409. The summed E-state index contributed by atoms with van der Waals surface area (Å²) in [7, 11) is 0. The van der Waals surface area contributed by atoms with Crippen molar-refractivity contribution in [2.75, 3.05) is 13.1 Å². The van der Waals surface area contributed by atoms with Gasteiger partial charge >= 0.3 is 0 Å². The molecule has 1 aliphatic heterocycles. The molecule has 5 nitrogen and oxygen atoms in total. The Morgan fingerprint density at radius 2 is 1.89 bits per heavy atom. The predicted octanol–water partition coefficient (Wildman–Crippen LogP) is 2.68. The number of nitrogens with zero attached hydrogens (tertiary/aromatic N) is 3. The molecule has 3 heterocycles. The molecular formula is C22H28N4O. The smallest absolute Gasteiger partial charge is 0.253 e. The number of aryl methyl sites for hydroxylation is 2. The number of likely N-dealkylation sites (tertiary alicyclic amines) is 1. The van der Waals surface area contributed by atoms with Crippen LogP contribution in [0.15, 0.2) is 23.3 Å². The number of hydrogen-bond donors (Lipinski definition) is 1. The van der Waals surface area contributed by atoms with Crippen LogP contribution in [0.25, 0.3) is 12.8 Å². The van der Waals surface area contributed by atoms with Crippen LogP contribution >= 0.6 is 0 Å². The van der Waals surface area contributed by atoms with Crippen LogP contribution in [0.3, 0.4) is 0 Å². The molecule has 1 aliphatic rings. The number of pyridine rings is 1. The van der Waals surface area contributed by atoms with E-state index in [0.717, 1.165) is 59.2 Å². The van der Waals surface area contributed by atoms with E-state index in [1.54, 1.807) is 0 Å². The molecule has 1 saturated heterocycles. The average Bonchev–Trinajstić information content (AvgIpc) is 2.99. The molecule has 5 heteroatoms. The fourth-order valence-corrected chi connectivity index (χ4v) is 3.71. The second-order valence-corrected chi connectivity index (χ2v) is 7.55. The Morgan fingerprint density at radius 1 is 1.26 bits per heavy atom. The number of carbonyl (C=O) groups is 1. The van der Waals surface area contributed by atoms with Crippen LogP contribution in [-0.4, -0.2) is 39.6 Å². The molecule has 3 rings (SSSR count). The summed E-state index contributed by atoms with van der Waals surface area (Å²) in [5, 5.41) is 1.98. The van der Waals surface area contributed by atoms with Gasteiger partial charge in [-0.2, -0.15) is 0 Å². The Morgan fingerprint density at radius 3 is 2.48 bits per heavy atom. The Hall–Kier alpha value is -2.69. The summed E-state index contributed by atoms with van der Waals surface area (Å²) in [5.74, 6) is 0.521. The number of aromatic amines is 1. The van der Waals surface area contributed by atoms with Crippen molar-refractivity contribution in [2.24, 2.45) is 4.99 Å². The topological polar surface area (TPSA) is 61.4 Å². The van der Waals surface area contributed by atoms with Gasteiger partial charge in [-0.15, -0.1) is 0 Å². The van der Waals surface area contributed by atoms with Crippen molar-refractivity contribution in [1.29, 1.82) is 0 Å². The van der Waals surface area contributed by atoms with Crippen molar-refractivity contribution in [2.45, 2.75) is 46.5 Å². The van der Waals surface area contributed by atoms with E-state index in [1.165, 1.54) is 5.56 Å². The van der Waals surface area contributed by atoms with Gasteiger partial charge in [0.1, 0.15) is 0 Å².